The van der Waals surface area contributed by atoms with Gasteiger partial charge in [-0.3, -0.25) is 0 Å². The van der Waals surface area contributed by atoms with Crippen molar-refractivity contribution in [3.63, 3.8) is 0 Å². The van der Waals surface area contributed by atoms with E-state index in [2.05, 4.69) is 4.98 Å². The van der Waals surface area contributed by atoms with Crippen molar-refractivity contribution in [1.29, 1.82) is 0 Å². The van der Waals surface area contributed by atoms with Gasteiger partial charge in [-0.25, -0.2) is 9.78 Å². The zero-order valence-electron chi connectivity index (χ0n) is 17.9. The Morgan fingerprint density at radius 2 is 1.77 bits per heavy atom. The number of rotatable bonds is 8. The van der Waals surface area contributed by atoms with Gasteiger partial charge >= 0.3 is 5.97 Å². The quantitative estimate of drug-likeness (QED) is 0.340. The summed E-state index contributed by atoms with van der Waals surface area (Å²) in [5.74, 6) is 0.887. The maximum atomic E-state index is 12.0. The molecule has 0 bridgehead atoms. The van der Waals surface area contributed by atoms with Crippen LogP contribution in [0.4, 0.5) is 11.5 Å². The summed E-state index contributed by atoms with van der Waals surface area (Å²) < 4.78 is 10.9. The third-order valence-corrected chi connectivity index (χ3v) is 5.25. The zero-order chi connectivity index (χ0) is 22.5. The van der Waals surface area contributed by atoms with Crippen LogP contribution >= 0.6 is 23.2 Å². The van der Waals surface area contributed by atoms with E-state index in [1.165, 1.54) is 0 Å². The molecule has 1 aromatic heterocycles. The Bertz CT molecular complexity index is 1060. The normalized spacial score (nSPS) is 12.1. The maximum absolute atomic E-state index is 12.0. The Labute approximate surface area is 192 Å². The molecule has 0 radical (unpaired) electrons. The van der Waals surface area contributed by atoms with Gasteiger partial charge in [0.25, 0.3) is 0 Å². The number of fused-ring (bicyclic) bond motifs is 1. The summed E-state index contributed by atoms with van der Waals surface area (Å²) in [6, 6.07) is 14.9. The topological polar surface area (TPSA) is 54.9 Å². The van der Waals surface area contributed by atoms with Gasteiger partial charge in [0.15, 0.2) is 6.10 Å². The highest BCUT2D eigenvalue weighted by atomic mass is 35.5. The number of hydrogen-bond acceptors (Lipinski definition) is 6. The number of likely N-dealkylation sites (N-methyl/N-ethyl adjacent to an activating group) is 1. The number of pyridine rings is 1. The van der Waals surface area contributed by atoms with Gasteiger partial charge in [0.05, 0.1) is 0 Å². The van der Waals surface area contributed by atoms with E-state index in [1.807, 2.05) is 61.3 Å². The lowest BCUT2D eigenvalue weighted by molar-refractivity contribution is -0.151. The minimum Gasteiger partial charge on any atom is -0.479 e. The van der Waals surface area contributed by atoms with Gasteiger partial charge in [0.2, 0.25) is 0 Å². The molecule has 0 saturated heterocycles. The number of hydrogen-bond donors (Lipinski definition) is 0. The van der Waals surface area contributed by atoms with Crippen LogP contribution in [-0.2, 0) is 9.53 Å². The molecule has 0 saturated carbocycles. The summed E-state index contributed by atoms with van der Waals surface area (Å²) in [6.07, 6.45) is -0.696. The number of benzene rings is 2. The first-order chi connectivity index (χ1) is 14.7. The molecule has 1 heterocycles. The average molecular weight is 462 g/mol. The molecule has 3 aromatic rings. The summed E-state index contributed by atoms with van der Waals surface area (Å²) in [7, 11) is 5.74. The molecule has 0 aliphatic carbocycles. The number of aromatic nitrogens is 1. The molecule has 0 aliphatic heterocycles. The average Bonchev–Trinajstić information content (AvgIpc) is 2.73. The number of nitrogens with zero attached hydrogens (tertiary/aromatic N) is 3. The summed E-state index contributed by atoms with van der Waals surface area (Å²) >= 11 is 12.4. The maximum Gasteiger partial charge on any atom is 0.347 e. The number of esters is 1. The van der Waals surface area contributed by atoms with Crippen LogP contribution in [0.3, 0.4) is 0 Å². The van der Waals surface area contributed by atoms with E-state index < -0.39 is 12.1 Å². The summed E-state index contributed by atoms with van der Waals surface area (Å²) in [5.41, 5.74) is 0.894. The Kier molecular flexibility index (Phi) is 7.59. The molecule has 164 valence electrons. The van der Waals surface area contributed by atoms with E-state index in [4.69, 9.17) is 32.7 Å². The lowest BCUT2D eigenvalue weighted by Gasteiger charge is -2.20. The van der Waals surface area contributed by atoms with Gasteiger partial charge in [-0.15, -0.1) is 0 Å². The Morgan fingerprint density at radius 3 is 2.45 bits per heavy atom. The largest absolute Gasteiger partial charge is 0.479 e. The van der Waals surface area contributed by atoms with Gasteiger partial charge in [0, 0.05) is 29.7 Å². The second kappa shape index (κ2) is 10.2. The van der Waals surface area contributed by atoms with Crippen molar-refractivity contribution in [2.24, 2.45) is 0 Å². The minimum absolute atomic E-state index is 0.330. The Morgan fingerprint density at radius 1 is 1.06 bits per heavy atom. The first-order valence-electron chi connectivity index (χ1n) is 9.82. The van der Waals surface area contributed by atoms with Gasteiger partial charge in [0.1, 0.15) is 23.3 Å². The lowest BCUT2D eigenvalue weighted by Crippen LogP contribution is -2.29. The first kappa shape index (κ1) is 23.1. The van der Waals surface area contributed by atoms with E-state index in [-0.39, 0.29) is 0 Å². The molecular weight excluding hydrogens is 437 g/mol. The molecule has 1 atom stereocenters. The molecule has 0 N–H and O–H groups in total. The fourth-order valence-electron chi connectivity index (χ4n) is 2.92. The lowest BCUT2D eigenvalue weighted by atomic mass is 10.1. The van der Waals surface area contributed by atoms with Crippen LogP contribution in [0.25, 0.3) is 10.8 Å². The van der Waals surface area contributed by atoms with Gasteiger partial charge in [-0.05, 0) is 68.9 Å². The van der Waals surface area contributed by atoms with Crippen molar-refractivity contribution < 1.29 is 14.3 Å². The van der Waals surface area contributed by atoms with Crippen molar-refractivity contribution in [3.8, 4) is 5.75 Å². The molecule has 1 unspecified atom stereocenters. The molecule has 3 rings (SSSR count). The van der Waals surface area contributed by atoms with E-state index in [0.717, 1.165) is 16.5 Å². The van der Waals surface area contributed by atoms with Crippen LogP contribution in [0.2, 0.25) is 10.2 Å². The molecule has 0 aliphatic rings. The van der Waals surface area contributed by atoms with E-state index in [1.54, 1.807) is 25.1 Å². The molecule has 0 fully saturated rings. The van der Waals surface area contributed by atoms with E-state index in [0.29, 0.717) is 34.9 Å². The third kappa shape index (κ3) is 6.00. The fourth-order valence-corrected chi connectivity index (χ4v) is 3.34. The van der Waals surface area contributed by atoms with Crippen molar-refractivity contribution in [2.75, 3.05) is 39.2 Å². The first-order valence-corrected chi connectivity index (χ1v) is 10.6. The number of carbonyl (C=O) groups excluding carboxylic acids is 1. The van der Waals surface area contributed by atoms with Gasteiger partial charge in [-0.1, -0.05) is 29.3 Å². The Balaban J connectivity index is 1.67. The predicted molar refractivity (Wildman–Crippen MR) is 126 cm³/mol. The standard InChI is InChI=1S/C23H25Cl2N3O3/c1-15(23(29)30-12-11-27(2)3)31-19-9-7-18(8-10-19)28(4)21-13-16-5-6-17(24)14-20(16)22(25)26-21/h5-10,13-15H,11-12H2,1-4H3. The molecule has 6 nitrogen and oxygen atoms in total. The van der Waals surface area contributed by atoms with Crippen LogP contribution in [-0.4, -0.2) is 56.3 Å². The predicted octanol–water partition coefficient (Wildman–Crippen LogP) is 5.18. The summed E-state index contributed by atoms with van der Waals surface area (Å²) in [5, 5.41) is 2.77. The van der Waals surface area contributed by atoms with E-state index in [9.17, 15) is 4.79 Å². The summed E-state index contributed by atoms with van der Waals surface area (Å²) in [6.45, 7) is 2.67. The molecule has 31 heavy (non-hydrogen) atoms. The molecule has 8 heteroatoms. The highest BCUT2D eigenvalue weighted by molar-refractivity contribution is 6.36. The molecular formula is C23H25Cl2N3O3. The van der Waals surface area contributed by atoms with Crippen molar-refractivity contribution >= 4 is 51.4 Å². The fraction of sp³-hybridized carbons (Fsp3) is 0.304. The van der Waals surface area contributed by atoms with Crippen LogP contribution in [0.1, 0.15) is 6.92 Å². The number of carbonyl (C=O) groups is 1. The number of anilines is 2. The van der Waals surface area contributed by atoms with Gasteiger partial charge in [-0.2, -0.15) is 0 Å². The van der Waals surface area contributed by atoms with Crippen LogP contribution < -0.4 is 9.64 Å². The highest BCUT2D eigenvalue weighted by Crippen LogP contribution is 2.31. The molecule has 2 aromatic carbocycles. The second-order valence-corrected chi connectivity index (χ2v) is 8.21. The zero-order valence-corrected chi connectivity index (χ0v) is 19.4. The van der Waals surface area contributed by atoms with Crippen molar-refractivity contribution in [1.82, 2.24) is 9.88 Å². The third-order valence-electron chi connectivity index (χ3n) is 4.73. The van der Waals surface area contributed by atoms with Gasteiger partial charge < -0.3 is 19.3 Å². The monoisotopic (exact) mass is 461 g/mol. The van der Waals surface area contributed by atoms with Crippen LogP contribution in [0.15, 0.2) is 48.5 Å². The second-order valence-electron chi connectivity index (χ2n) is 7.42. The van der Waals surface area contributed by atoms with Crippen LogP contribution in [0, 0.1) is 0 Å². The number of halogens is 2. The SMILES string of the molecule is CC(Oc1ccc(N(C)c2cc3ccc(Cl)cc3c(Cl)n2)cc1)C(=O)OCCN(C)C. The van der Waals surface area contributed by atoms with Crippen molar-refractivity contribution in [3.05, 3.63) is 58.7 Å². The Hall–Kier alpha value is -2.54. The highest BCUT2D eigenvalue weighted by Gasteiger charge is 2.17. The molecule has 0 amide bonds. The van der Waals surface area contributed by atoms with E-state index >= 15 is 0 Å². The number of ether oxygens (including phenoxy) is 2. The smallest absolute Gasteiger partial charge is 0.347 e. The van der Waals surface area contributed by atoms with Crippen LogP contribution in [0.5, 0.6) is 5.75 Å². The molecule has 0 spiro atoms. The minimum atomic E-state index is -0.696. The van der Waals surface area contributed by atoms with Crippen molar-refractivity contribution in [2.45, 2.75) is 13.0 Å². The summed E-state index contributed by atoms with van der Waals surface area (Å²) in [4.78, 5) is 20.4.